The minimum atomic E-state index is -0.475. The maximum absolute atomic E-state index is 5.88. The molecule has 0 aliphatic carbocycles. The van der Waals surface area contributed by atoms with Gasteiger partial charge in [0.05, 0.1) is 7.11 Å². The number of hydrogen-bond acceptors (Lipinski definition) is 6. The van der Waals surface area contributed by atoms with E-state index >= 15 is 0 Å². The lowest BCUT2D eigenvalue weighted by molar-refractivity contribution is 0.0479. The van der Waals surface area contributed by atoms with Crippen molar-refractivity contribution in [2.45, 2.75) is 32.8 Å². The van der Waals surface area contributed by atoms with E-state index in [-0.39, 0.29) is 11.8 Å². The molecule has 1 heterocycles. The number of rotatable bonds is 6. The first-order valence-corrected chi connectivity index (χ1v) is 6.98. The molecule has 1 atom stereocenters. The van der Waals surface area contributed by atoms with Gasteiger partial charge >= 0.3 is 0 Å². The number of benzene rings is 1. The second kappa shape index (κ2) is 6.93. The van der Waals surface area contributed by atoms with Crippen LogP contribution in [0.1, 0.15) is 50.1 Å². The molecule has 118 valence electrons. The highest BCUT2D eigenvalue weighted by atomic mass is 16.6. The number of oxime groups is 1. The minimum absolute atomic E-state index is 0.192. The first-order valence-electron chi connectivity index (χ1n) is 6.98. The predicted molar refractivity (Wildman–Crippen MR) is 81.6 cm³/mol. The van der Waals surface area contributed by atoms with Crippen molar-refractivity contribution in [1.82, 2.24) is 10.1 Å². The van der Waals surface area contributed by atoms with Crippen LogP contribution in [-0.4, -0.2) is 23.1 Å². The molecule has 7 heteroatoms. The molecular weight excluding hydrogens is 284 g/mol. The number of amidine groups is 1. The van der Waals surface area contributed by atoms with Crippen LogP contribution in [0.25, 0.3) is 0 Å². The highest BCUT2D eigenvalue weighted by Crippen LogP contribution is 2.18. The Kier molecular flexibility index (Phi) is 4.98. The van der Waals surface area contributed by atoms with Crippen LogP contribution in [0.2, 0.25) is 0 Å². The zero-order valence-electron chi connectivity index (χ0n) is 13.1. The van der Waals surface area contributed by atoms with E-state index in [1.807, 2.05) is 13.8 Å². The summed E-state index contributed by atoms with van der Waals surface area (Å²) in [5.41, 5.74) is 6.62. The third-order valence-electron chi connectivity index (χ3n) is 3.02. The van der Waals surface area contributed by atoms with Crippen LogP contribution in [-0.2, 0) is 4.84 Å². The molecule has 2 aromatic rings. The first-order chi connectivity index (χ1) is 10.5. The molecule has 22 heavy (non-hydrogen) atoms. The summed E-state index contributed by atoms with van der Waals surface area (Å²) in [6.45, 7) is 5.74. The zero-order valence-corrected chi connectivity index (χ0v) is 13.1. The molecule has 1 aromatic carbocycles. The average Bonchev–Trinajstić information content (AvgIpc) is 3.02. The second-order valence-corrected chi connectivity index (χ2v) is 5.10. The van der Waals surface area contributed by atoms with Gasteiger partial charge < -0.3 is 19.8 Å². The van der Waals surface area contributed by atoms with Crippen molar-refractivity contribution in [2.24, 2.45) is 10.9 Å². The quantitative estimate of drug-likeness (QED) is 0.500. The second-order valence-electron chi connectivity index (χ2n) is 5.10. The van der Waals surface area contributed by atoms with Gasteiger partial charge in [-0.25, -0.2) is 0 Å². The molecule has 0 spiro atoms. The summed E-state index contributed by atoms with van der Waals surface area (Å²) in [4.78, 5) is 9.58. The standard InChI is InChI=1S/C15H20N4O3/c1-9(2)14-17-15(22-19-14)10(3)21-18-13(16)11-5-7-12(20-4)8-6-11/h5-10H,1-4H3,(H2,16,18)/t10-/m1/s1. The van der Waals surface area contributed by atoms with Gasteiger partial charge in [0.15, 0.2) is 11.7 Å². The molecule has 2 N–H and O–H groups in total. The summed E-state index contributed by atoms with van der Waals surface area (Å²) in [6.07, 6.45) is -0.475. The summed E-state index contributed by atoms with van der Waals surface area (Å²) in [5, 5.41) is 7.79. The highest BCUT2D eigenvalue weighted by molar-refractivity contribution is 5.97. The molecule has 7 nitrogen and oxygen atoms in total. The van der Waals surface area contributed by atoms with Gasteiger partial charge in [0.25, 0.3) is 5.89 Å². The maximum atomic E-state index is 5.88. The number of nitrogens with zero attached hydrogens (tertiary/aromatic N) is 3. The van der Waals surface area contributed by atoms with Crippen molar-refractivity contribution in [3.05, 3.63) is 41.5 Å². The maximum Gasteiger partial charge on any atom is 0.270 e. The number of methoxy groups -OCH3 is 1. The Hall–Kier alpha value is -2.57. The van der Waals surface area contributed by atoms with Gasteiger partial charge in [0.2, 0.25) is 6.10 Å². The lowest BCUT2D eigenvalue weighted by atomic mass is 10.2. The first kappa shape index (κ1) is 15.8. The van der Waals surface area contributed by atoms with E-state index in [0.29, 0.717) is 11.7 Å². The third-order valence-corrected chi connectivity index (χ3v) is 3.02. The van der Waals surface area contributed by atoms with E-state index in [1.165, 1.54) is 0 Å². The molecule has 0 unspecified atom stereocenters. The van der Waals surface area contributed by atoms with Crippen molar-refractivity contribution in [2.75, 3.05) is 7.11 Å². The Labute approximate surface area is 129 Å². The Balaban J connectivity index is 2.02. The van der Waals surface area contributed by atoms with E-state index < -0.39 is 6.10 Å². The van der Waals surface area contributed by atoms with Crippen LogP contribution in [0.15, 0.2) is 33.9 Å². The monoisotopic (exact) mass is 304 g/mol. The third kappa shape index (κ3) is 3.75. The fourth-order valence-corrected chi connectivity index (χ4v) is 1.64. The van der Waals surface area contributed by atoms with E-state index in [1.54, 1.807) is 38.3 Å². The summed E-state index contributed by atoms with van der Waals surface area (Å²) in [5.74, 6) is 2.21. The van der Waals surface area contributed by atoms with Crippen molar-refractivity contribution in [1.29, 1.82) is 0 Å². The molecule has 1 aromatic heterocycles. The van der Waals surface area contributed by atoms with E-state index in [9.17, 15) is 0 Å². The van der Waals surface area contributed by atoms with Crippen LogP contribution in [0.5, 0.6) is 5.75 Å². The number of ether oxygens (including phenoxy) is 1. The molecule has 2 rings (SSSR count). The average molecular weight is 304 g/mol. The van der Waals surface area contributed by atoms with Gasteiger partial charge in [-0.05, 0) is 31.2 Å². The Morgan fingerprint density at radius 2 is 1.91 bits per heavy atom. The minimum Gasteiger partial charge on any atom is -0.497 e. The molecule has 0 fully saturated rings. The van der Waals surface area contributed by atoms with Crippen LogP contribution in [0, 0.1) is 0 Å². The molecule has 0 radical (unpaired) electrons. The van der Waals surface area contributed by atoms with Gasteiger partial charge in [-0.1, -0.05) is 24.2 Å². The Morgan fingerprint density at radius 3 is 2.45 bits per heavy atom. The van der Waals surface area contributed by atoms with Gasteiger partial charge in [0, 0.05) is 11.5 Å². The fourth-order valence-electron chi connectivity index (χ4n) is 1.64. The van der Waals surface area contributed by atoms with Crippen LogP contribution >= 0.6 is 0 Å². The summed E-state index contributed by atoms with van der Waals surface area (Å²) >= 11 is 0. The highest BCUT2D eigenvalue weighted by Gasteiger charge is 2.17. The van der Waals surface area contributed by atoms with Crippen LogP contribution in [0.3, 0.4) is 0 Å². The fraction of sp³-hybridized carbons (Fsp3) is 0.400. The number of nitrogens with two attached hydrogens (primary N) is 1. The molecular formula is C15H20N4O3. The molecule has 0 amide bonds. The summed E-state index contributed by atoms with van der Waals surface area (Å²) < 4.78 is 10.2. The number of aromatic nitrogens is 2. The van der Waals surface area contributed by atoms with E-state index in [4.69, 9.17) is 19.8 Å². The van der Waals surface area contributed by atoms with Crippen molar-refractivity contribution in [3.63, 3.8) is 0 Å². The largest absolute Gasteiger partial charge is 0.497 e. The van der Waals surface area contributed by atoms with Gasteiger partial charge in [-0.15, -0.1) is 0 Å². The van der Waals surface area contributed by atoms with Gasteiger partial charge in [0.1, 0.15) is 5.75 Å². The molecule has 0 saturated carbocycles. The van der Waals surface area contributed by atoms with Crippen molar-refractivity contribution >= 4 is 5.84 Å². The summed E-state index contributed by atoms with van der Waals surface area (Å²) in [7, 11) is 1.60. The smallest absolute Gasteiger partial charge is 0.270 e. The van der Waals surface area contributed by atoms with Crippen molar-refractivity contribution in [3.8, 4) is 5.75 Å². The SMILES string of the molecule is COc1ccc(/C(N)=N\O[C@H](C)c2nc(C(C)C)no2)cc1. The van der Waals surface area contributed by atoms with Crippen molar-refractivity contribution < 1.29 is 14.1 Å². The molecule has 0 aliphatic rings. The van der Waals surface area contributed by atoms with Gasteiger partial charge in [-0.3, -0.25) is 0 Å². The Morgan fingerprint density at radius 1 is 1.23 bits per heavy atom. The molecule has 0 aliphatic heterocycles. The zero-order chi connectivity index (χ0) is 16.1. The molecule has 0 saturated heterocycles. The number of hydrogen-bond donors (Lipinski definition) is 1. The lowest BCUT2D eigenvalue weighted by Gasteiger charge is -2.06. The van der Waals surface area contributed by atoms with Crippen LogP contribution in [0.4, 0.5) is 0 Å². The molecule has 0 bridgehead atoms. The Bertz CT molecular complexity index is 634. The summed E-state index contributed by atoms with van der Waals surface area (Å²) in [6, 6.07) is 7.20. The van der Waals surface area contributed by atoms with Crippen LogP contribution < -0.4 is 10.5 Å². The normalized spacial score (nSPS) is 13.2. The topological polar surface area (TPSA) is 95.8 Å². The van der Waals surface area contributed by atoms with E-state index in [2.05, 4.69) is 15.3 Å². The lowest BCUT2D eigenvalue weighted by Crippen LogP contribution is -2.14. The predicted octanol–water partition coefficient (Wildman–Crippen LogP) is 2.60. The van der Waals surface area contributed by atoms with E-state index in [0.717, 1.165) is 11.3 Å². The van der Waals surface area contributed by atoms with Gasteiger partial charge in [-0.2, -0.15) is 4.98 Å².